The highest BCUT2D eigenvalue weighted by molar-refractivity contribution is 5.85. The Morgan fingerprint density at radius 2 is 2.40 bits per heavy atom. The van der Waals surface area contributed by atoms with E-state index in [1.165, 1.54) is 6.07 Å². The van der Waals surface area contributed by atoms with Gasteiger partial charge in [0.05, 0.1) is 0 Å². The van der Waals surface area contributed by atoms with Crippen molar-refractivity contribution in [1.82, 2.24) is 14.5 Å². The number of carbonyl (C=O) groups is 1. The first kappa shape index (κ1) is 12.7. The van der Waals surface area contributed by atoms with Crippen molar-refractivity contribution in [3.63, 3.8) is 0 Å². The summed E-state index contributed by atoms with van der Waals surface area (Å²) in [4.78, 5) is 19.4. The van der Waals surface area contributed by atoms with Crippen LogP contribution >= 0.6 is 0 Å². The van der Waals surface area contributed by atoms with Crippen molar-refractivity contribution in [2.75, 3.05) is 11.9 Å². The minimum Gasteiger partial charge on any atom is -0.477 e. The van der Waals surface area contributed by atoms with Gasteiger partial charge in [0.1, 0.15) is 11.6 Å². The van der Waals surface area contributed by atoms with Gasteiger partial charge < -0.3 is 15.0 Å². The molecule has 2 aromatic rings. The molecule has 1 unspecified atom stereocenters. The summed E-state index contributed by atoms with van der Waals surface area (Å²) >= 11 is 0. The lowest BCUT2D eigenvalue weighted by Crippen LogP contribution is -2.22. The summed E-state index contributed by atoms with van der Waals surface area (Å²) < 4.78 is 2.18. The number of aromatic nitrogens is 3. The second kappa shape index (κ2) is 5.32. The highest BCUT2D eigenvalue weighted by Crippen LogP contribution is 2.25. The monoisotopic (exact) mass is 272 g/mol. The SMILES string of the molecule is O=C(O)c1cccc(NCC2CCCn3ccnc32)n1. The fourth-order valence-electron chi connectivity index (χ4n) is 2.58. The topological polar surface area (TPSA) is 80.0 Å². The Labute approximate surface area is 116 Å². The predicted molar refractivity (Wildman–Crippen MR) is 73.9 cm³/mol. The van der Waals surface area contributed by atoms with Gasteiger partial charge in [0.25, 0.3) is 0 Å². The summed E-state index contributed by atoms with van der Waals surface area (Å²) in [5.74, 6) is 1.02. The van der Waals surface area contributed by atoms with Crippen molar-refractivity contribution in [3.8, 4) is 0 Å². The van der Waals surface area contributed by atoms with Crippen LogP contribution in [0.3, 0.4) is 0 Å². The van der Waals surface area contributed by atoms with Crippen molar-refractivity contribution in [2.24, 2.45) is 0 Å². The fraction of sp³-hybridized carbons (Fsp3) is 0.357. The number of carboxylic acid groups (broad SMARTS) is 1. The first-order chi connectivity index (χ1) is 9.74. The maximum Gasteiger partial charge on any atom is 0.354 e. The zero-order chi connectivity index (χ0) is 13.9. The number of aromatic carboxylic acids is 1. The molecule has 0 bridgehead atoms. The molecule has 6 nitrogen and oxygen atoms in total. The van der Waals surface area contributed by atoms with E-state index in [0.29, 0.717) is 18.3 Å². The van der Waals surface area contributed by atoms with E-state index >= 15 is 0 Å². The zero-order valence-electron chi connectivity index (χ0n) is 11.0. The van der Waals surface area contributed by atoms with E-state index in [2.05, 4.69) is 19.9 Å². The average Bonchev–Trinajstić information content (AvgIpc) is 2.94. The van der Waals surface area contributed by atoms with Gasteiger partial charge in [-0.25, -0.2) is 14.8 Å². The number of anilines is 1. The molecule has 0 aromatic carbocycles. The van der Waals surface area contributed by atoms with E-state index in [1.807, 2.05) is 12.4 Å². The number of fused-ring (bicyclic) bond motifs is 1. The lowest BCUT2D eigenvalue weighted by molar-refractivity contribution is 0.0690. The molecule has 0 amide bonds. The molecule has 3 rings (SSSR count). The van der Waals surface area contributed by atoms with E-state index < -0.39 is 5.97 Å². The van der Waals surface area contributed by atoms with Crippen molar-refractivity contribution in [1.29, 1.82) is 0 Å². The van der Waals surface area contributed by atoms with Crippen LogP contribution in [0.4, 0.5) is 5.82 Å². The molecule has 0 saturated carbocycles. The fourth-order valence-corrected chi connectivity index (χ4v) is 2.58. The molecule has 6 heteroatoms. The van der Waals surface area contributed by atoms with E-state index in [9.17, 15) is 4.79 Å². The Bertz CT molecular complexity index is 623. The van der Waals surface area contributed by atoms with Crippen LogP contribution in [0.2, 0.25) is 0 Å². The largest absolute Gasteiger partial charge is 0.477 e. The molecule has 0 fully saturated rings. The summed E-state index contributed by atoms with van der Waals surface area (Å²) in [6.07, 6.45) is 6.06. The molecule has 0 saturated heterocycles. The first-order valence-corrected chi connectivity index (χ1v) is 6.69. The van der Waals surface area contributed by atoms with Gasteiger partial charge in [-0.05, 0) is 25.0 Å². The molecule has 0 aliphatic carbocycles. The average molecular weight is 272 g/mol. The normalized spacial score (nSPS) is 17.5. The number of carboxylic acids is 1. The Morgan fingerprint density at radius 3 is 3.25 bits per heavy atom. The number of nitrogens with zero attached hydrogens (tertiary/aromatic N) is 3. The summed E-state index contributed by atoms with van der Waals surface area (Å²) in [6, 6.07) is 4.96. The van der Waals surface area contributed by atoms with Crippen LogP contribution in [-0.4, -0.2) is 32.2 Å². The Kier molecular flexibility index (Phi) is 3.37. The smallest absolute Gasteiger partial charge is 0.354 e. The quantitative estimate of drug-likeness (QED) is 0.889. The van der Waals surface area contributed by atoms with E-state index in [4.69, 9.17) is 5.11 Å². The maximum atomic E-state index is 10.9. The predicted octanol–water partition coefficient (Wildman–Crippen LogP) is 1.97. The van der Waals surface area contributed by atoms with Gasteiger partial charge >= 0.3 is 5.97 Å². The van der Waals surface area contributed by atoms with Gasteiger partial charge in [0.15, 0.2) is 5.69 Å². The van der Waals surface area contributed by atoms with E-state index in [0.717, 1.165) is 25.2 Å². The number of pyridine rings is 1. The molecule has 0 spiro atoms. The first-order valence-electron chi connectivity index (χ1n) is 6.69. The van der Waals surface area contributed by atoms with Crippen LogP contribution < -0.4 is 5.32 Å². The Hall–Kier alpha value is -2.37. The van der Waals surface area contributed by atoms with Crippen molar-refractivity contribution in [3.05, 3.63) is 42.1 Å². The number of imidazole rings is 1. The number of rotatable bonds is 4. The zero-order valence-corrected chi connectivity index (χ0v) is 11.0. The van der Waals surface area contributed by atoms with Crippen molar-refractivity contribution in [2.45, 2.75) is 25.3 Å². The number of aryl methyl sites for hydroxylation is 1. The molecule has 104 valence electrons. The summed E-state index contributed by atoms with van der Waals surface area (Å²) in [7, 11) is 0. The molecular weight excluding hydrogens is 256 g/mol. The third kappa shape index (κ3) is 2.49. The van der Waals surface area contributed by atoms with Crippen LogP contribution in [0.15, 0.2) is 30.6 Å². The molecule has 1 aliphatic rings. The minimum absolute atomic E-state index is 0.0557. The van der Waals surface area contributed by atoms with Crippen LogP contribution in [0.1, 0.15) is 35.1 Å². The molecule has 3 heterocycles. The van der Waals surface area contributed by atoms with Gasteiger partial charge in [-0.2, -0.15) is 0 Å². The second-order valence-corrected chi connectivity index (χ2v) is 4.91. The highest BCUT2D eigenvalue weighted by Gasteiger charge is 2.21. The summed E-state index contributed by atoms with van der Waals surface area (Å²) in [6.45, 7) is 1.74. The standard InChI is InChI=1S/C14H16N4O2/c19-14(20)11-4-1-5-12(17-11)16-9-10-3-2-7-18-8-6-15-13(10)18/h1,4-6,8,10H,2-3,7,9H2,(H,16,17)(H,19,20). The maximum absolute atomic E-state index is 10.9. The molecule has 2 aromatic heterocycles. The lowest BCUT2D eigenvalue weighted by Gasteiger charge is -2.23. The number of hydrogen-bond donors (Lipinski definition) is 2. The second-order valence-electron chi connectivity index (χ2n) is 4.91. The third-order valence-corrected chi connectivity index (χ3v) is 3.56. The third-order valence-electron chi connectivity index (χ3n) is 3.56. The Balaban J connectivity index is 1.69. The molecule has 1 aliphatic heterocycles. The highest BCUT2D eigenvalue weighted by atomic mass is 16.4. The number of hydrogen-bond acceptors (Lipinski definition) is 4. The molecule has 2 N–H and O–H groups in total. The molecule has 0 radical (unpaired) electrons. The lowest BCUT2D eigenvalue weighted by atomic mass is 9.99. The van der Waals surface area contributed by atoms with Crippen LogP contribution in [0.5, 0.6) is 0 Å². The molecule has 20 heavy (non-hydrogen) atoms. The van der Waals surface area contributed by atoms with Gasteiger partial charge in [-0.15, -0.1) is 0 Å². The van der Waals surface area contributed by atoms with E-state index in [1.54, 1.807) is 12.1 Å². The number of nitrogens with one attached hydrogen (secondary N) is 1. The van der Waals surface area contributed by atoms with Gasteiger partial charge in [0.2, 0.25) is 0 Å². The van der Waals surface area contributed by atoms with E-state index in [-0.39, 0.29) is 5.69 Å². The molecular formula is C14H16N4O2. The van der Waals surface area contributed by atoms with Crippen LogP contribution in [0.25, 0.3) is 0 Å². The Morgan fingerprint density at radius 1 is 1.50 bits per heavy atom. The van der Waals surface area contributed by atoms with Crippen LogP contribution in [-0.2, 0) is 6.54 Å². The van der Waals surface area contributed by atoms with Gasteiger partial charge in [-0.3, -0.25) is 0 Å². The van der Waals surface area contributed by atoms with Crippen LogP contribution in [0, 0.1) is 0 Å². The van der Waals surface area contributed by atoms with Crippen molar-refractivity contribution >= 4 is 11.8 Å². The molecule has 1 atom stereocenters. The van der Waals surface area contributed by atoms with Gasteiger partial charge in [-0.1, -0.05) is 6.07 Å². The van der Waals surface area contributed by atoms with Gasteiger partial charge in [0, 0.05) is 31.4 Å². The minimum atomic E-state index is -1.01. The summed E-state index contributed by atoms with van der Waals surface area (Å²) in [5.41, 5.74) is 0.0557. The summed E-state index contributed by atoms with van der Waals surface area (Å²) in [5, 5.41) is 12.1. The van der Waals surface area contributed by atoms with Crippen molar-refractivity contribution < 1.29 is 9.90 Å².